The highest BCUT2D eigenvalue weighted by atomic mass is 35.5. The number of amidine groups is 1. The van der Waals surface area contributed by atoms with E-state index in [0.717, 1.165) is 27.4 Å². The molecule has 0 radical (unpaired) electrons. The molecule has 1 N–H and O–H groups in total. The van der Waals surface area contributed by atoms with Gasteiger partial charge in [0.1, 0.15) is 0 Å². The van der Waals surface area contributed by atoms with Crippen LogP contribution in [0.1, 0.15) is 16.7 Å². The first-order valence-electron chi connectivity index (χ1n) is 8.01. The van der Waals surface area contributed by atoms with E-state index in [9.17, 15) is 5.21 Å². The number of para-hydroxylation sites is 1. The van der Waals surface area contributed by atoms with Gasteiger partial charge in [-0.05, 0) is 43.2 Å². The lowest BCUT2D eigenvalue weighted by molar-refractivity contribution is 0.313. The molecule has 3 nitrogen and oxygen atoms in total. The average Bonchev–Trinajstić information content (AvgIpc) is 2.63. The maximum Gasteiger partial charge on any atom is 0.165 e. The number of benzene rings is 3. The first-order valence-corrected chi connectivity index (χ1v) is 8.39. The van der Waals surface area contributed by atoms with Crippen LogP contribution >= 0.6 is 11.6 Å². The Hall–Kier alpha value is -2.62. The second-order valence-electron chi connectivity index (χ2n) is 5.85. The van der Waals surface area contributed by atoms with Crippen LogP contribution < -0.4 is 5.06 Å². The van der Waals surface area contributed by atoms with Crippen molar-refractivity contribution < 1.29 is 5.21 Å². The van der Waals surface area contributed by atoms with Gasteiger partial charge in [-0.3, -0.25) is 5.21 Å². The Labute approximate surface area is 152 Å². The van der Waals surface area contributed by atoms with Crippen LogP contribution in [0.4, 0.5) is 11.4 Å². The molecule has 3 rings (SSSR count). The number of aryl methyl sites for hydroxylation is 2. The van der Waals surface area contributed by atoms with Crippen molar-refractivity contribution in [1.82, 2.24) is 0 Å². The Kier molecular flexibility index (Phi) is 5.17. The highest BCUT2D eigenvalue weighted by Crippen LogP contribution is 2.28. The molecule has 0 spiro atoms. The summed E-state index contributed by atoms with van der Waals surface area (Å²) in [5.74, 6) is 0.419. The number of nitrogens with zero attached hydrogens (tertiary/aromatic N) is 2. The number of anilines is 1. The molecule has 0 amide bonds. The zero-order chi connectivity index (χ0) is 17.8. The first-order chi connectivity index (χ1) is 12.1. The van der Waals surface area contributed by atoms with Crippen molar-refractivity contribution in [3.05, 3.63) is 94.5 Å². The van der Waals surface area contributed by atoms with Crippen LogP contribution in [-0.2, 0) is 0 Å². The number of hydrogen-bond acceptors (Lipinski definition) is 2. The monoisotopic (exact) mass is 350 g/mol. The molecular formula is C21H19ClN2O. The standard InChI is InChI=1S/C21H19ClN2O/c1-15-12-13-16(2)19(14-15)23-21(17-8-4-3-5-9-17)24(25)20-11-7-6-10-18(20)22/h3-14,25H,1-2H3. The highest BCUT2D eigenvalue weighted by molar-refractivity contribution is 6.34. The number of halogens is 1. The van der Waals surface area contributed by atoms with Crippen molar-refractivity contribution >= 4 is 28.8 Å². The van der Waals surface area contributed by atoms with Gasteiger partial charge in [0.05, 0.1) is 16.4 Å². The Morgan fingerprint density at radius 2 is 1.60 bits per heavy atom. The van der Waals surface area contributed by atoms with Crippen LogP contribution in [0.25, 0.3) is 0 Å². The molecule has 3 aromatic carbocycles. The van der Waals surface area contributed by atoms with E-state index in [1.807, 2.05) is 74.5 Å². The van der Waals surface area contributed by atoms with Crippen molar-refractivity contribution in [3.8, 4) is 0 Å². The van der Waals surface area contributed by atoms with Gasteiger partial charge in [0.25, 0.3) is 0 Å². The largest absolute Gasteiger partial charge is 0.282 e. The smallest absolute Gasteiger partial charge is 0.165 e. The molecule has 0 aliphatic heterocycles. The van der Waals surface area contributed by atoms with Gasteiger partial charge in [-0.15, -0.1) is 0 Å². The van der Waals surface area contributed by atoms with Gasteiger partial charge in [0.15, 0.2) is 5.84 Å². The third-order valence-electron chi connectivity index (χ3n) is 3.90. The van der Waals surface area contributed by atoms with E-state index in [1.54, 1.807) is 12.1 Å². The minimum atomic E-state index is 0.419. The highest BCUT2D eigenvalue weighted by Gasteiger charge is 2.16. The molecule has 0 atom stereocenters. The van der Waals surface area contributed by atoms with E-state index in [2.05, 4.69) is 0 Å². The van der Waals surface area contributed by atoms with Gasteiger partial charge in [-0.25, -0.2) is 10.1 Å². The fourth-order valence-electron chi connectivity index (χ4n) is 2.51. The minimum Gasteiger partial charge on any atom is -0.282 e. The molecular weight excluding hydrogens is 332 g/mol. The molecule has 0 unspecified atom stereocenters. The zero-order valence-electron chi connectivity index (χ0n) is 14.1. The normalized spacial score (nSPS) is 11.4. The maximum absolute atomic E-state index is 10.9. The zero-order valence-corrected chi connectivity index (χ0v) is 14.9. The summed E-state index contributed by atoms with van der Waals surface area (Å²) >= 11 is 6.25. The lowest BCUT2D eigenvalue weighted by Crippen LogP contribution is -2.28. The molecule has 3 aromatic rings. The third kappa shape index (κ3) is 3.90. The van der Waals surface area contributed by atoms with Crippen LogP contribution in [0.3, 0.4) is 0 Å². The molecule has 0 aliphatic carbocycles. The first kappa shape index (κ1) is 17.2. The van der Waals surface area contributed by atoms with Crippen molar-refractivity contribution in [2.45, 2.75) is 13.8 Å². The summed E-state index contributed by atoms with van der Waals surface area (Å²) in [5.41, 5.74) is 4.23. The van der Waals surface area contributed by atoms with E-state index in [4.69, 9.17) is 16.6 Å². The average molecular weight is 351 g/mol. The Balaban J connectivity index is 2.15. The van der Waals surface area contributed by atoms with Crippen molar-refractivity contribution in [3.63, 3.8) is 0 Å². The van der Waals surface area contributed by atoms with Gasteiger partial charge < -0.3 is 0 Å². The summed E-state index contributed by atoms with van der Waals surface area (Å²) < 4.78 is 0. The Morgan fingerprint density at radius 1 is 0.920 bits per heavy atom. The molecule has 126 valence electrons. The topological polar surface area (TPSA) is 35.8 Å². The van der Waals surface area contributed by atoms with E-state index < -0.39 is 0 Å². The molecule has 0 saturated carbocycles. The molecule has 4 heteroatoms. The predicted octanol–water partition coefficient (Wildman–Crippen LogP) is 5.93. The predicted molar refractivity (Wildman–Crippen MR) is 104 cm³/mol. The van der Waals surface area contributed by atoms with Gasteiger partial charge in [-0.2, -0.15) is 0 Å². The minimum absolute atomic E-state index is 0.419. The molecule has 0 aliphatic rings. The van der Waals surface area contributed by atoms with E-state index in [0.29, 0.717) is 16.5 Å². The molecule has 0 saturated heterocycles. The van der Waals surface area contributed by atoms with E-state index in [1.165, 1.54) is 0 Å². The van der Waals surface area contributed by atoms with Crippen LogP contribution in [0, 0.1) is 13.8 Å². The van der Waals surface area contributed by atoms with Crippen LogP contribution in [0.15, 0.2) is 77.8 Å². The summed E-state index contributed by atoms with van der Waals surface area (Å²) in [6, 6.07) is 22.8. The Morgan fingerprint density at radius 3 is 2.32 bits per heavy atom. The van der Waals surface area contributed by atoms with Crippen LogP contribution in [-0.4, -0.2) is 11.0 Å². The number of hydrogen-bond donors (Lipinski definition) is 1. The van der Waals surface area contributed by atoms with Crippen molar-refractivity contribution in [1.29, 1.82) is 0 Å². The third-order valence-corrected chi connectivity index (χ3v) is 4.22. The number of aliphatic imine (C=N–C) groups is 1. The summed E-state index contributed by atoms with van der Waals surface area (Å²) in [4.78, 5) is 4.74. The van der Waals surface area contributed by atoms with Gasteiger partial charge >= 0.3 is 0 Å². The number of rotatable bonds is 3. The Bertz CT molecular complexity index is 907. The van der Waals surface area contributed by atoms with Crippen LogP contribution in [0.5, 0.6) is 0 Å². The van der Waals surface area contributed by atoms with E-state index >= 15 is 0 Å². The lowest BCUT2D eigenvalue weighted by Gasteiger charge is -2.21. The fraction of sp³-hybridized carbons (Fsp3) is 0.0952. The summed E-state index contributed by atoms with van der Waals surface area (Å²) in [6.07, 6.45) is 0. The second-order valence-corrected chi connectivity index (χ2v) is 6.26. The van der Waals surface area contributed by atoms with Crippen LogP contribution in [0.2, 0.25) is 5.02 Å². The van der Waals surface area contributed by atoms with Crippen molar-refractivity contribution in [2.24, 2.45) is 4.99 Å². The van der Waals surface area contributed by atoms with Gasteiger partial charge in [0.2, 0.25) is 0 Å². The van der Waals surface area contributed by atoms with E-state index in [-0.39, 0.29) is 0 Å². The SMILES string of the molecule is Cc1ccc(C)c(N=C(c2ccccc2)N(O)c2ccccc2Cl)c1. The molecule has 0 bridgehead atoms. The van der Waals surface area contributed by atoms with Crippen molar-refractivity contribution in [2.75, 3.05) is 5.06 Å². The second kappa shape index (κ2) is 7.51. The molecule has 0 aromatic heterocycles. The lowest BCUT2D eigenvalue weighted by atomic mass is 10.1. The summed E-state index contributed by atoms with van der Waals surface area (Å²) in [7, 11) is 0. The summed E-state index contributed by atoms with van der Waals surface area (Å²) in [6.45, 7) is 4.02. The summed E-state index contributed by atoms with van der Waals surface area (Å²) in [5, 5.41) is 12.3. The molecule has 0 fully saturated rings. The fourth-order valence-corrected chi connectivity index (χ4v) is 2.73. The van der Waals surface area contributed by atoms with Gasteiger partial charge in [-0.1, -0.05) is 66.2 Å². The van der Waals surface area contributed by atoms with Gasteiger partial charge in [0, 0.05) is 5.56 Å². The molecule has 0 heterocycles. The molecule has 25 heavy (non-hydrogen) atoms. The maximum atomic E-state index is 10.9. The number of hydroxylamine groups is 1. The quantitative estimate of drug-likeness (QED) is 0.361.